The summed E-state index contributed by atoms with van der Waals surface area (Å²) in [5.74, 6) is -2.47. The smallest absolute Gasteiger partial charge is 0.326 e. The fraction of sp³-hybridized carbons (Fsp3) is 0.300. The van der Waals surface area contributed by atoms with Crippen molar-refractivity contribution in [3.8, 4) is 0 Å². The van der Waals surface area contributed by atoms with Crippen molar-refractivity contribution in [3.05, 3.63) is 71.8 Å². The Morgan fingerprint density at radius 1 is 0.731 bits per heavy atom. The average molecular weight is 356 g/mol. The minimum atomic E-state index is -1.73. The molecule has 0 aliphatic rings. The second-order valence-corrected chi connectivity index (χ2v) is 6.54. The molecule has 2 atom stereocenters. The number of carbonyl (C=O) groups is 2. The molecule has 0 fully saturated rings. The van der Waals surface area contributed by atoms with Crippen LogP contribution in [0.1, 0.15) is 25.0 Å². The van der Waals surface area contributed by atoms with Gasteiger partial charge in [-0.25, -0.2) is 0 Å². The van der Waals surface area contributed by atoms with Gasteiger partial charge in [-0.2, -0.15) is 0 Å². The molecule has 0 radical (unpaired) electrons. The molecule has 4 N–H and O–H groups in total. The van der Waals surface area contributed by atoms with Gasteiger partial charge in [-0.1, -0.05) is 60.7 Å². The Hall–Kier alpha value is -2.70. The Labute approximate surface area is 152 Å². The van der Waals surface area contributed by atoms with Crippen molar-refractivity contribution in [2.24, 2.45) is 0 Å². The lowest BCUT2D eigenvalue weighted by atomic mass is 9.78. The zero-order chi connectivity index (χ0) is 19.2. The minimum absolute atomic E-state index is 0.236. The SMILES string of the molecule is CC(NCc1ccccc1)(C(=O)O)[C@](C)(NCc1ccccc1)C(=O)O. The number of benzene rings is 2. The first kappa shape index (κ1) is 19.6. The van der Waals surface area contributed by atoms with Gasteiger partial charge >= 0.3 is 11.9 Å². The van der Waals surface area contributed by atoms with E-state index in [1.807, 2.05) is 60.7 Å². The topological polar surface area (TPSA) is 98.7 Å². The molecule has 0 aromatic heterocycles. The highest BCUT2D eigenvalue weighted by Gasteiger charge is 2.55. The van der Waals surface area contributed by atoms with E-state index in [-0.39, 0.29) is 13.1 Å². The van der Waals surface area contributed by atoms with Crippen LogP contribution in [0.25, 0.3) is 0 Å². The summed E-state index contributed by atoms with van der Waals surface area (Å²) in [7, 11) is 0. The van der Waals surface area contributed by atoms with Crippen LogP contribution in [0.4, 0.5) is 0 Å². The molecular formula is C20H24N2O4. The molecule has 2 aromatic carbocycles. The maximum Gasteiger partial charge on any atom is 0.326 e. The highest BCUT2D eigenvalue weighted by molar-refractivity contribution is 5.92. The van der Waals surface area contributed by atoms with Crippen molar-refractivity contribution >= 4 is 11.9 Å². The van der Waals surface area contributed by atoms with Crippen molar-refractivity contribution in [2.45, 2.75) is 38.0 Å². The van der Waals surface area contributed by atoms with E-state index in [2.05, 4.69) is 10.6 Å². The Bertz CT molecular complexity index is 685. The number of hydrogen-bond donors (Lipinski definition) is 4. The second-order valence-electron chi connectivity index (χ2n) is 6.54. The van der Waals surface area contributed by atoms with Crippen LogP contribution >= 0.6 is 0 Å². The molecule has 0 aliphatic carbocycles. The number of hydrogen-bond acceptors (Lipinski definition) is 4. The van der Waals surface area contributed by atoms with E-state index < -0.39 is 23.0 Å². The van der Waals surface area contributed by atoms with Gasteiger partial charge in [-0.05, 0) is 25.0 Å². The van der Waals surface area contributed by atoms with E-state index in [0.29, 0.717) is 0 Å². The number of rotatable bonds is 9. The van der Waals surface area contributed by atoms with E-state index in [0.717, 1.165) is 11.1 Å². The third kappa shape index (κ3) is 4.09. The Morgan fingerprint density at radius 2 is 1.04 bits per heavy atom. The van der Waals surface area contributed by atoms with Crippen LogP contribution in [0, 0.1) is 0 Å². The van der Waals surface area contributed by atoms with Crippen molar-refractivity contribution in [2.75, 3.05) is 0 Å². The molecule has 6 heteroatoms. The molecule has 1 unspecified atom stereocenters. The summed E-state index contributed by atoms with van der Waals surface area (Å²) in [6, 6.07) is 18.5. The number of nitrogens with one attached hydrogen (secondary N) is 2. The van der Waals surface area contributed by atoms with Gasteiger partial charge in [-0.3, -0.25) is 20.2 Å². The van der Waals surface area contributed by atoms with E-state index in [4.69, 9.17) is 0 Å². The molecule has 0 saturated heterocycles. The summed E-state index contributed by atoms with van der Waals surface area (Å²) in [6.07, 6.45) is 0. The van der Waals surface area contributed by atoms with Gasteiger partial charge < -0.3 is 10.2 Å². The van der Waals surface area contributed by atoms with E-state index in [9.17, 15) is 19.8 Å². The second kappa shape index (κ2) is 8.12. The number of aliphatic carboxylic acids is 2. The monoisotopic (exact) mass is 356 g/mol. The summed E-state index contributed by atoms with van der Waals surface area (Å²) in [6.45, 7) is 3.26. The van der Waals surface area contributed by atoms with Gasteiger partial charge in [0, 0.05) is 13.1 Å². The third-order valence-electron chi connectivity index (χ3n) is 4.83. The predicted molar refractivity (Wildman–Crippen MR) is 98.6 cm³/mol. The van der Waals surface area contributed by atoms with Crippen LogP contribution < -0.4 is 10.6 Å². The molecule has 0 heterocycles. The van der Waals surface area contributed by atoms with Gasteiger partial charge in [-0.15, -0.1) is 0 Å². The van der Waals surface area contributed by atoms with E-state index in [1.54, 1.807) is 0 Å². The third-order valence-corrected chi connectivity index (χ3v) is 4.83. The minimum Gasteiger partial charge on any atom is -0.480 e. The van der Waals surface area contributed by atoms with Crippen molar-refractivity contribution in [3.63, 3.8) is 0 Å². The van der Waals surface area contributed by atoms with Crippen LogP contribution in [0.2, 0.25) is 0 Å². The quantitative estimate of drug-likeness (QED) is 0.550. The van der Waals surface area contributed by atoms with E-state index >= 15 is 0 Å². The molecule has 0 bridgehead atoms. The van der Waals surface area contributed by atoms with Gasteiger partial charge in [0.1, 0.15) is 11.1 Å². The molecular weight excluding hydrogens is 332 g/mol. The molecule has 138 valence electrons. The zero-order valence-electron chi connectivity index (χ0n) is 14.9. The average Bonchev–Trinajstić information content (AvgIpc) is 2.65. The maximum atomic E-state index is 12.0. The van der Waals surface area contributed by atoms with Gasteiger partial charge in [0.2, 0.25) is 0 Å². The van der Waals surface area contributed by atoms with Gasteiger partial charge in [0.15, 0.2) is 0 Å². The molecule has 26 heavy (non-hydrogen) atoms. The maximum absolute atomic E-state index is 12.0. The first-order chi connectivity index (χ1) is 12.3. The fourth-order valence-corrected chi connectivity index (χ4v) is 2.68. The highest BCUT2D eigenvalue weighted by atomic mass is 16.4. The number of carboxylic acid groups (broad SMARTS) is 2. The first-order valence-electron chi connectivity index (χ1n) is 8.34. The normalized spacial score (nSPS) is 15.6. The molecule has 2 rings (SSSR count). The predicted octanol–water partition coefficient (Wildman–Crippen LogP) is 2.25. The Balaban J connectivity index is 2.25. The van der Waals surface area contributed by atoms with Crippen LogP contribution in [-0.4, -0.2) is 33.2 Å². The van der Waals surface area contributed by atoms with Crippen LogP contribution in [0.5, 0.6) is 0 Å². The summed E-state index contributed by atoms with van der Waals surface area (Å²) >= 11 is 0. The lowest BCUT2D eigenvalue weighted by Crippen LogP contribution is -2.73. The van der Waals surface area contributed by atoms with Gasteiger partial charge in [0.25, 0.3) is 0 Å². The lowest BCUT2D eigenvalue weighted by molar-refractivity contribution is -0.160. The van der Waals surface area contributed by atoms with Crippen LogP contribution in [0.15, 0.2) is 60.7 Å². The molecule has 0 amide bonds. The summed E-state index contributed by atoms with van der Waals surface area (Å²) in [4.78, 5) is 24.1. The standard InChI is InChI=1S/C20H24N2O4/c1-19(17(23)24,21-13-15-9-5-3-6-10-15)20(2,18(25)26)22-14-16-11-7-4-8-12-16/h3-12,21-22H,13-14H2,1-2H3,(H,23,24)(H,25,26)/t19-,20?/m1/s1. The zero-order valence-corrected chi connectivity index (χ0v) is 14.9. The molecule has 2 aromatic rings. The molecule has 0 aliphatic heterocycles. The number of carboxylic acids is 2. The summed E-state index contributed by atoms with van der Waals surface area (Å²) in [5.41, 5.74) is -1.72. The molecule has 6 nitrogen and oxygen atoms in total. The van der Waals surface area contributed by atoms with Gasteiger partial charge in [0.05, 0.1) is 0 Å². The van der Waals surface area contributed by atoms with Crippen molar-refractivity contribution in [1.29, 1.82) is 0 Å². The summed E-state index contributed by atoms with van der Waals surface area (Å²) in [5, 5.41) is 25.5. The van der Waals surface area contributed by atoms with Crippen LogP contribution in [-0.2, 0) is 22.7 Å². The van der Waals surface area contributed by atoms with E-state index in [1.165, 1.54) is 13.8 Å². The summed E-state index contributed by atoms with van der Waals surface area (Å²) < 4.78 is 0. The van der Waals surface area contributed by atoms with Crippen molar-refractivity contribution in [1.82, 2.24) is 10.6 Å². The molecule has 0 spiro atoms. The Morgan fingerprint density at radius 3 is 1.31 bits per heavy atom. The van der Waals surface area contributed by atoms with Crippen molar-refractivity contribution < 1.29 is 19.8 Å². The largest absolute Gasteiger partial charge is 0.480 e. The lowest BCUT2D eigenvalue weighted by Gasteiger charge is -2.41. The first-order valence-corrected chi connectivity index (χ1v) is 8.34. The Kier molecular flexibility index (Phi) is 6.13. The highest BCUT2D eigenvalue weighted by Crippen LogP contribution is 2.25. The fourth-order valence-electron chi connectivity index (χ4n) is 2.68. The van der Waals surface area contributed by atoms with Crippen LogP contribution in [0.3, 0.4) is 0 Å². The molecule has 0 saturated carbocycles.